The van der Waals surface area contributed by atoms with Gasteiger partial charge in [0.1, 0.15) is 5.82 Å². The third kappa shape index (κ3) is 1.87. The Bertz CT molecular complexity index is 313. The first-order valence-corrected chi connectivity index (χ1v) is 3.80. The van der Waals surface area contributed by atoms with Crippen LogP contribution in [0.3, 0.4) is 0 Å². The highest BCUT2D eigenvalue weighted by atomic mass is 19.4. The Morgan fingerprint density at radius 3 is 1.86 bits per heavy atom. The minimum Gasteiger partial charge on any atom is -0.376 e. The van der Waals surface area contributed by atoms with Gasteiger partial charge >= 0.3 is 6.18 Å². The maximum Gasteiger partial charge on any atom is 0.421 e. The molecule has 0 spiro atoms. The molecule has 0 saturated carbocycles. The Balaban J connectivity index is 3.10. The van der Waals surface area contributed by atoms with Crippen molar-refractivity contribution in [1.82, 2.24) is 0 Å². The lowest BCUT2D eigenvalue weighted by molar-refractivity contribution is -0.258. The zero-order chi connectivity index (χ0) is 11.0. The highest BCUT2D eigenvalue weighted by Crippen LogP contribution is 2.38. The van der Waals surface area contributed by atoms with Crippen LogP contribution in [0.25, 0.3) is 0 Å². The van der Waals surface area contributed by atoms with Gasteiger partial charge in [0.15, 0.2) is 5.60 Å². The minimum absolute atomic E-state index is 0.383. The van der Waals surface area contributed by atoms with Gasteiger partial charge in [-0.1, -0.05) is 12.1 Å². The summed E-state index contributed by atoms with van der Waals surface area (Å²) >= 11 is 0. The third-order valence-corrected chi connectivity index (χ3v) is 1.96. The van der Waals surface area contributed by atoms with Crippen LogP contribution in [0.2, 0.25) is 0 Å². The number of benzene rings is 1. The zero-order valence-electron chi connectivity index (χ0n) is 7.27. The second-order valence-corrected chi connectivity index (χ2v) is 3.08. The minimum atomic E-state index is -4.77. The van der Waals surface area contributed by atoms with Crippen molar-refractivity contribution >= 4 is 0 Å². The molecule has 1 rings (SSSR count). The molecule has 0 aliphatic rings. The van der Waals surface area contributed by atoms with Gasteiger partial charge in [0.25, 0.3) is 0 Å². The average Bonchev–Trinajstić information content (AvgIpc) is 2.03. The summed E-state index contributed by atoms with van der Waals surface area (Å²) in [5, 5.41) is 9.17. The monoisotopic (exact) mass is 208 g/mol. The molecule has 0 saturated heterocycles. The largest absolute Gasteiger partial charge is 0.421 e. The molecule has 1 aromatic carbocycles. The van der Waals surface area contributed by atoms with Crippen LogP contribution in [0, 0.1) is 5.82 Å². The SMILES string of the molecule is C[C@](O)(c1ccc(F)cc1)C(F)(F)F. The maximum atomic E-state index is 12.4. The van der Waals surface area contributed by atoms with Crippen LogP contribution < -0.4 is 0 Å². The van der Waals surface area contributed by atoms with E-state index in [1.54, 1.807) is 0 Å². The molecule has 0 aliphatic heterocycles. The first kappa shape index (κ1) is 11.0. The molecule has 78 valence electrons. The van der Waals surface area contributed by atoms with Gasteiger partial charge in [0, 0.05) is 0 Å². The zero-order valence-corrected chi connectivity index (χ0v) is 7.27. The average molecular weight is 208 g/mol. The van der Waals surface area contributed by atoms with Gasteiger partial charge in [0.05, 0.1) is 0 Å². The molecule has 1 atom stereocenters. The molecule has 0 fully saturated rings. The van der Waals surface area contributed by atoms with Crippen molar-refractivity contribution < 1.29 is 22.7 Å². The van der Waals surface area contributed by atoms with E-state index in [0.717, 1.165) is 24.3 Å². The molecule has 1 N–H and O–H groups in total. The lowest BCUT2D eigenvalue weighted by Crippen LogP contribution is -2.39. The van der Waals surface area contributed by atoms with Crippen molar-refractivity contribution in [2.24, 2.45) is 0 Å². The molecule has 0 unspecified atom stereocenters. The number of halogens is 4. The molecular formula is C9H8F4O. The van der Waals surface area contributed by atoms with Crippen LogP contribution in [0.4, 0.5) is 17.6 Å². The highest BCUT2D eigenvalue weighted by Gasteiger charge is 2.50. The fourth-order valence-electron chi connectivity index (χ4n) is 0.938. The topological polar surface area (TPSA) is 20.2 Å². The molecular weight excluding hydrogens is 200 g/mol. The third-order valence-electron chi connectivity index (χ3n) is 1.96. The smallest absolute Gasteiger partial charge is 0.376 e. The van der Waals surface area contributed by atoms with E-state index in [0.29, 0.717) is 6.92 Å². The Hall–Kier alpha value is -1.10. The van der Waals surface area contributed by atoms with E-state index >= 15 is 0 Å². The Morgan fingerprint density at radius 2 is 1.50 bits per heavy atom. The molecule has 14 heavy (non-hydrogen) atoms. The Kier molecular flexibility index (Phi) is 2.54. The number of hydrogen-bond acceptors (Lipinski definition) is 1. The van der Waals surface area contributed by atoms with Crippen molar-refractivity contribution in [2.75, 3.05) is 0 Å². The predicted octanol–water partition coefficient (Wildman–Crippen LogP) is 2.60. The first-order valence-electron chi connectivity index (χ1n) is 3.80. The van der Waals surface area contributed by atoms with Crippen molar-refractivity contribution in [3.05, 3.63) is 35.6 Å². The van der Waals surface area contributed by atoms with Crippen LogP contribution >= 0.6 is 0 Å². The molecule has 1 nitrogen and oxygen atoms in total. The summed E-state index contributed by atoms with van der Waals surface area (Å²) in [5.41, 5.74) is -3.33. The Labute approximate surface area is 78.0 Å². The normalized spacial score (nSPS) is 16.4. The van der Waals surface area contributed by atoms with E-state index in [-0.39, 0.29) is 5.56 Å². The van der Waals surface area contributed by atoms with Gasteiger partial charge in [-0.25, -0.2) is 4.39 Å². The number of hydrogen-bond donors (Lipinski definition) is 1. The van der Waals surface area contributed by atoms with E-state index in [4.69, 9.17) is 5.11 Å². The second-order valence-electron chi connectivity index (χ2n) is 3.08. The Morgan fingerprint density at radius 1 is 1.07 bits per heavy atom. The summed E-state index contributed by atoms with van der Waals surface area (Å²) in [5.74, 6) is -0.647. The quantitative estimate of drug-likeness (QED) is 0.703. The number of rotatable bonds is 1. The van der Waals surface area contributed by atoms with Gasteiger partial charge < -0.3 is 5.11 Å². The fourth-order valence-corrected chi connectivity index (χ4v) is 0.938. The summed E-state index contributed by atoms with van der Waals surface area (Å²) in [6.45, 7) is 0.625. The lowest BCUT2D eigenvalue weighted by atomic mass is 9.95. The summed E-state index contributed by atoms with van der Waals surface area (Å²) in [6.07, 6.45) is -4.77. The van der Waals surface area contributed by atoms with Crippen LogP contribution in [0.1, 0.15) is 12.5 Å². The summed E-state index contributed by atoms with van der Waals surface area (Å²) in [7, 11) is 0. The second kappa shape index (κ2) is 3.24. The van der Waals surface area contributed by atoms with Crippen molar-refractivity contribution in [3.63, 3.8) is 0 Å². The van der Waals surface area contributed by atoms with E-state index < -0.39 is 17.6 Å². The molecule has 0 aromatic heterocycles. The molecule has 0 heterocycles. The van der Waals surface area contributed by atoms with Crippen molar-refractivity contribution in [1.29, 1.82) is 0 Å². The molecule has 0 aliphatic carbocycles. The highest BCUT2D eigenvalue weighted by molar-refractivity contribution is 5.23. The van der Waals surface area contributed by atoms with Gasteiger partial charge in [-0.3, -0.25) is 0 Å². The van der Waals surface area contributed by atoms with E-state index in [1.165, 1.54) is 0 Å². The maximum absolute atomic E-state index is 12.4. The predicted molar refractivity (Wildman–Crippen MR) is 42.0 cm³/mol. The summed E-state index contributed by atoms with van der Waals surface area (Å²) in [4.78, 5) is 0. The standard InChI is InChI=1S/C9H8F4O/c1-8(14,9(11,12)13)6-2-4-7(10)5-3-6/h2-5,14H,1H3/t8-/m0/s1. The van der Waals surface area contributed by atoms with E-state index in [1.807, 2.05) is 0 Å². The van der Waals surface area contributed by atoms with Crippen molar-refractivity contribution in [3.8, 4) is 0 Å². The van der Waals surface area contributed by atoms with Gasteiger partial charge in [0.2, 0.25) is 0 Å². The first-order chi connectivity index (χ1) is 6.25. The molecule has 1 aromatic rings. The molecule has 5 heteroatoms. The van der Waals surface area contributed by atoms with E-state index in [2.05, 4.69) is 0 Å². The summed E-state index contributed by atoms with van der Waals surface area (Å²) < 4.78 is 49.2. The molecule has 0 bridgehead atoms. The van der Waals surface area contributed by atoms with Gasteiger partial charge in [-0.15, -0.1) is 0 Å². The number of aliphatic hydroxyl groups is 1. The van der Waals surface area contributed by atoms with Gasteiger partial charge in [-0.05, 0) is 24.6 Å². The van der Waals surface area contributed by atoms with Crippen LogP contribution in [0.5, 0.6) is 0 Å². The van der Waals surface area contributed by atoms with Crippen molar-refractivity contribution in [2.45, 2.75) is 18.7 Å². The van der Waals surface area contributed by atoms with Crippen LogP contribution in [0.15, 0.2) is 24.3 Å². The van der Waals surface area contributed by atoms with E-state index in [9.17, 15) is 17.6 Å². The molecule has 0 radical (unpaired) electrons. The van der Waals surface area contributed by atoms with Crippen LogP contribution in [-0.2, 0) is 5.60 Å². The van der Waals surface area contributed by atoms with Gasteiger partial charge in [-0.2, -0.15) is 13.2 Å². The summed E-state index contributed by atoms with van der Waals surface area (Å²) in [6, 6.07) is 3.55. The van der Waals surface area contributed by atoms with Crippen LogP contribution in [-0.4, -0.2) is 11.3 Å². The number of alkyl halides is 3. The lowest BCUT2D eigenvalue weighted by Gasteiger charge is -2.26. The fraction of sp³-hybridized carbons (Fsp3) is 0.333. The molecule has 0 amide bonds.